The van der Waals surface area contributed by atoms with Crippen LogP contribution in [0.15, 0.2) is 48.6 Å². The third-order valence-corrected chi connectivity index (χ3v) is 8.82. The number of esters is 2. The highest BCUT2D eigenvalue weighted by molar-refractivity contribution is 7.46. The molecule has 0 aliphatic carbocycles. The molecule has 6 N–H and O–H groups in total. The summed E-state index contributed by atoms with van der Waals surface area (Å²) in [5.74, 6) is -2.00. The number of unbranched alkanes of at least 4 members (excludes halogenated alkanes) is 16. The van der Waals surface area contributed by atoms with E-state index in [9.17, 15) is 24.1 Å². The highest BCUT2D eigenvalue weighted by Crippen LogP contribution is 2.35. The van der Waals surface area contributed by atoms with Crippen LogP contribution in [0.3, 0.4) is 0 Å². The van der Waals surface area contributed by atoms with E-state index in [2.05, 4.69) is 67.0 Å². The monoisotopic (exact) mass is 802 g/mol. The second kappa shape index (κ2) is 41.0. The van der Waals surface area contributed by atoms with E-state index in [1.165, 1.54) is 70.6 Å². The van der Waals surface area contributed by atoms with Crippen LogP contribution in [-0.4, -0.2) is 69.9 Å². The second-order valence-corrected chi connectivity index (χ2v) is 14.9. The van der Waals surface area contributed by atoms with Gasteiger partial charge in [-0.2, -0.15) is 0 Å². The number of aliphatic hydroxyl groups is 1. The second-order valence-electron chi connectivity index (χ2n) is 13.7. The zero-order valence-corrected chi connectivity index (χ0v) is 34.9. The number of hydrogen-bond donors (Lipinski definition) is 5. The van der Waals surface area contributed by atoms with E-state index in [4.69, 9.17) is 30.1 Å². The van der Waals surface area contributed by atoms with Gasteiger partial charge in [-0.15, -0.1) is 0 Å². The molecular weight excluding hydrogens is 725 g/mol. The number of nitrogens with two attached hydrogens (primary N) is 1. The summed E-state index contributed by atoms with van der Waals surface area (Å²) in [4.78, 5) is 50.3. The van der Waals surface area contributed by atoms with Crippen LogP contribution in [-0.2, 0) is 32.9 Å². The number of allylic oxidation sites excluding steroid dienone is 8. The van der Waals surface area contributed by atoms with Gasteiger partial charge in [-0.3, -0.25) is 18.9 Å². The molecule has 0 fully saturated rings. The lowest BCUT2D eigenvalue weighted by atomic mass is 10.1. The van der Waals surface area contributed by atoms with E-state index in [-0.39, 0.29) is 25.2 Å². The first kappa shape index (κ1) is 54.5. The minimum Gasteiger partial charge on any atom is -0.480 e. The molecule has 0 bridgehead atoms. The third-order valence-electron chi connectivity index (χ3n) is 8.33. The molecule has 0 aliphatic heterocycles. The quantitative estimate of drug-likeness (QED) is 0.0174. The number of aliphatic carboxylic acids is 1. The van der Waals surface area contributed by atoms with Crippen LogP contribution >= 0.6 is 7.82 Å². The smallest absolute Gasteiger partial charge is 0.469 e. The SMILES string of the molecule is CCCCCC=CCC=CCCCCCCCC(=O)OCC(CO)OC(=O)CCCCCCCC=CCC=CCCCCC.N[C@@H](COP(=O)(O)O)C(=O)O. The van der Waals surface area contributed by atoms with Crippen LogP contribution in [0, 0.1) is 0 Å². The van der Waals surface area contributed by atoms with Crippen molar-refractivity contribution < 1.29 is 52.9 Å². The molecule has 0 aromatic heterocycles. The number of phosphoric ester groups is 1. The Morgan fingerprint density at radius 2 is 1.00 bits per heavy atom. The Labute approximate surface area is 332 Å². The predicted molar refractivity (Wildman–Crippen MR) is 220 cm³/mol. The number of carbonyl (C=O) groups excluding carboxylic acids is 2. The molecule has 0 rings (SSSR count). The summed E-state index contributed by atoms with van der Waals surface area (Å²) in [5, 5.41) is 17.6. The normalized spacial score (nSPS) is 13.1. The Morgan fingerprint density at radius 3 is 1.40 bits per heavy atom. The maximum Gasteiger partial charge on any atom is 0.469 e. The van der Waals surface area contributed by atoms with Gasteiger partial charge in [0.2, 0.25) is 0 Å². The highest BCUT2D eigenvalue weighted by Gasteiger charge is 2.19. The minimum absolute atomic E-state index is 0.0799. The van der Waals surface area contributed by atoms with Gasteiger partial charge in [-0.05, 0) is 77.0 Å². The molecule has 55 heavy (non-hydrogen) atoms. The van der Waals surface area contributed by atoms with Crippen LogP contribution in [0.1, 0.15) is 168 Å². The van der Waals surface area contributed by atoms with Crippen molar-refractivity contribution in [1.29, 1.82) is 0 Å². The Morgan fingerprint density at radius 1 is 0.600 bits per heavy atom. The van der Waals surface area contributed by atoms with Gasteiger partial charge >= 0.3 is 25.7 Å². The van der Waals surface area contributed by atoms with Crippen LogP contribution in [0.4, 0.5) is 0 Å². The summed E-state index contributed by atoms with van der Waals surface area (Å²) in [6.07, 6.45) is 43.0. The molecule has 0 saturated carbocycles. The standard InChI is InChI=1S/C39H68O5.C3H8NO6P/c1-3-5-7-9-11-13-15-17-19-21-23-25-27-29-31-33-38(41)43-36-37(35-40)44-39(42)34-32-30-28-26-24-22-20-18-16-14-12-10-8-6-4-2;4-2(3(5)6)1-10-11(7,8)9/h11-14,17-20,37,40H,3-10,15-16,21-36H2,1-2H3;2H,1,4H2,(H,5,6)(H2,7,8,9)/t;2-/m.0/s1. The van der Waals surface area contributed by atoms with Crippen molar-refractivity contribution in [2.45, 2.75) is 180 Å². The molecule has 0 aliphatic rings. The van der Waals surface area contributed by atoms with E-state index in [1.807, 2.05) is 0 Å². The largest absolute Gasteiger partial charge is 0.480 e. The number of phosphoric acid groups is 1. The lowest BCUT2D eigenvalue weighted by Gasteiger charge is -2.15. The summed E-state index contributed by atoms with van der Waals surface area (Å²) in [6, 6.07) is -1.41. The van der Waals surface area contributed by atoms with E-state index < -0.39 is 32.5 Å². The van der Waals surface area contributed by atoms with E-state index >= 15 is 0 Å². The Bertz CT molecular complexity index is 1090. The molecule has 0 aromatic rings. The van der Waals surface area contributed by atoms with Gasteiger partial charge in [0.05, 0.1) is 13.2 Å². The number of carbonyl (C=O) groups is 3. The molecule has 13 heteroatoms. The number of aliphatic hydroxyl groups excluding tert-OH is 1. The Balaban J connectivity index is 0. The van der Waals surface area contributed by atoms with Crippen LogP contribution in [0.2, 0.25) is 0 Å². The van der Waals surface area contributed by atoms with Crippen LogP contribution < -0.4 is 5.73 Å². The maximum atomic E-state index is 12.1. The maximum absolute atomic E-state index is 12.1. The van der Waals surface area contributed by atoms with Crippen molar-refractivity contribution in [3.8, 4) is 0 Å². The number of carboxylic acids is 1. The lowest BCUT2D eigenvalue weighted by molar-refractivity contribution is -0.161. The van der Waals surface area contributed by atoms with Crippen molar-refractivity contribution in [3.63, 3.8) is 0 Å². The van der Waals surface area contributed by atoms with Gasteiger partial charge < -0.3 is 35.2 Å². The Kier molecular flexibility index (Phi) is 40.7. The van der Waals surface area contributed by atoms with Gasteiger partial charge in [0, 0.05) is 12.8 Å². The number of rotatable bonds is 36. The Hall–Kier alpha value is -2.60. The van der Waals surface area contributed by atoms with Crippen LogP contribution in [0.25, 0.3) is 0 Å². The van der Waals surface area contributed by atoms with Gasteiger partial charge in [0.25, 0.3) is 0 Å². The highest BCUT2D eigenvalue weighted by atomic mass is 31.2. The third kappa shape index (κ3) is 45.7. The van der Waals surface area contributed by atoms with Gasteiger partial charge in [-0.25, -0.2) is 4.57 Å². The summed E-state index contributed by atoms with van der Waals surface area (Å²) in [7, 11) is -4.60. The summed E-state index contributed by atoms with van der Waals surface area (Å²) in [6.45, 7) is 3.34. The van der Waals surface area contributed by atoms with E-state index in [0.717, 1.165) is 70.6 Å². The van der Waals surface area contributed by atoms with Gasteiger partial charge in [-0.1, -0.05) is 127 Å². The zero-order valence-electron chi connectivity index (χ0n) is 34.0. The lowest BCUT2D eigenvalue weighted by Crippen LogP contribution is -2.34. The van der Waals surface area contributed by atoms with Gasteiger partial charge in [0.1, 0.15) is 12.6 Å². The fourth-order valence-electron chi connectivity index (χ4n) is 5.04. The first-order chi connectivity index (χ1) is 26.5. The molecule has 2 atom stereocenters. The topological polar surface area (TPSA) is 203 Å². The molecule has 0 radical (unpaired) electrons. The number of hydrogen-bond acceptors (Lipinski definition) is 9. The van der Waals surface area contributed by atoms with Crippen molar-refractivity contribution in [2.24, 2.45) is 5.73 Å². The fraction of sp³-hybridized carbons (Fsp3) is 0.738. The van der Waals surface area contributed by atoms with Crippen molar-refractivity contribution in [1.82, 2.24) is 0 Å². The summed E-state index contributed by atoms with van der Waals surface area (Å²) in [5.41, 5.74) is 4.86. The molecule has 1 unspecified atom stereocenters. The molecule has 0 spiro atoms. The van der Waals surface area contributed by atoms with E-state index in [1.54, 1.807) is 0 Å². The number of ether oxygens (including phenoxy) is 2. The van der Waals surface area contributed by atoms with Crippen molar-refractivity contribution in [3.05, 3.63) is 48.6 Å². The molecule has 0 heterocycles. The first-order valence-corrected chi connectivity index (χ1v) is 22.2. The summed E-state index contributed by atoms with van der Waals surface area (Å²) < 4.78 is 24.4. The van der Waals surface area contributed by atoms with Crippen molar-refractivity contribution >= 4 is 25.7 Å². The van der Waals surface area contributed by atoms with E-state index in [0.29, 0.717) is 12.8 Å². The average molecular weight is 802 g/mol. The molecule has 0 amide bonds. The first-order valence-electron chi connectivity index (χ1n) is 20.7. The minimum atomic E-state index is -4.60. The van der Waals surface area contributed by atoms with Gasteiger partial charge in [0.15, 0.2) is 6.10 Å². The van der Waals surface area contributed by atoms with Crippen molar-refractivity contribution in [2.75, 3.05) is 19.8 Å². The predicted octanol–water partition coefficient (Wildman–Crippen LogP) is 9.57. The molecule has 0 saturated heterocycles. The zero-order chi connectivity index (χ0) is 41.3. The van der Waals surface area contributed by atoms with Crippen LogP contribution in [0.5, 0.6) is 0 Å². The molecule has 0 aromatic carbocycles. The molecule has 12 nitrogen and oxygen atoms in total. The average Bonchev–Trinajstić information content (AvgIpc) is 3.15. The fourth-order valence-corrected chi connectivity index (χ4v) is 5.39. The molecular formula is C42H76NO11P. The molecule has 320 valence electrons. The number of carboxylic acid groups (broad SMARTS) is 1. The summed E-state index contributed by atoms with van der Waals surface area (Å²) >= 11 is 0.